The molecule has 132 valence electrons. The molecule has 1 aliphatic carbocycles. The minimum atomic E-state index is -0.783. The van der Waals surface area contributed by atoms with Crippen molar-refractivity contribution < 1.29 is 23.9 Å². The lowest BCUT2D eigenvalue weighted by Gasteiger charge is -2.26. The van der Waals surface area contributed by atoms with Crippen molar-refractivity contribution in [1.29, 1.82) is 0 Å². The van der Waals surface area contributed by atoms with Crippen LogP contribution in [0.15, 0.2) is 30.3 Å². The Bertz CT molecular complexity index is 687. The smallest absolute Gasteiger partial charge is 0.407 e. The van der Waals surface area contributed by atoms with Crippen LogP contribution in [0.3, 0.4) is 0 Å². The van der Waals surface area contributed by atoms with Crippen LogP contribution in [0.25, 0.3) is 0 Å². The largest absolute Gasteiger partial charge is 0.445 e. The van der Waals surface area contributed by atoms with E-state index >= 15 is 0 Å². The van der Waals surface area contributed by atoms with Crippen LogP contribution in [-0.2, 0) is 25.7 Å². The molecule has 8 heteroatoms. The van der Waals surface area contributed by atoms with Crippen LogP contribution >= 0.6 is 0 Å². The Morgan fingerprint density at radius 3 is 2.52 bits per heavy atom. The molecule has 1 aromatic rings. The SMILES string of the molecule is O=C1C[C@H](N(C(=O)CNC(=O)OCc2ccccc2)C2CC2)C(=O)N1. The predicted molar refractivity (Wildman–Crippen MR) is 86.1 cm³/mol. The molecule has 2 fully saturated rings. The number of amides is 4. The summed E-state index contributed by atoms with van der Waals surface area (Å²) in [4.78, 5) is 48.7. The van der Waals surface area contributed by atoms with Crippen LogP contribution < -0.4 is 10.6 Å². The number of hydrogen-bond acceptors (Lipinski definition) is 5. The fraction of sp³-hybridized carbons (Fsp3) is 0.412. The van der Waals surface area contributed by atoms with Gasteiger partial charge in [-0.3, -0.25) is 19.7 Å². The summed E-state index contributed by atoms with van der Waals surface area (Å²) in [6.07, 6.45) is 0.851. The second-order valence-corrected chi connectivity index (χ2v) is 6.08. The Morgan fingerprint density at radius 1 is 1.20 bits per heavy atom. The molecule has 1 aromatic carbocycles. The van der Waals surface area contributed by atoms with Crippen molar-refractivity contribution in [2.24, 2.45) is 0 Å². The standard InChI is InChI=1S/C17H19N3O5/c21-14-8-13(16(23)19-14)20(12-6-7-12)15(22)9-18-17(24)25-10-11-4-2-1-3-5-11/h1-5,12-13H,6-10H2,(H,18,24)(H,19,21,23)/t13-/m0/s1. The summed E-state index contributed by atoms with van der Waals surface area (Å²) in [6, 6.07) is 8.35. The molecule has 0 aromatic heterocycles. The van der Waals surface area contributed by atoms with Crippen LogP contribution in [-0.4, -0.2) is 47.3 Å². The number of alkyl carbamates (subject to hydrolysis) is 1. The molecule has 0 spiro atoms. The Balaban J connectivity index is 1.49. The summed E-state index contributed by atoms with van der Waals surface area (Å²) in [5, 5.41) is 4.60. The van der Waals surface area contributed by atoms with Crippen molar-refractivity contribution in [3.05, 3.63) is 35.9 Å². The summed E-state index contributed by atoms with van der Waals surface area (Å²) in [5.41, 5.74) is 0.838. The lowest BCUT2D eigenvalue weighted by molar-refractivity contribution is -0.138. The van der Waals surface area contributed by atoms with Crippen LogP contribution in [0.4, 0.5) is 4.79 Å². The first-order valence-electron chi connectivity index (χ1n) is 8.14. The molecule has 25 heavy (non-hydrogen) atoms. The molecule has 1 saturated carbocycles. The third kappa shape index (κ3) is 4.34. The lowest BCUT2D eigenvalue weighted by atomic mass is 10.2. The lowest BCUT2D eigenvalue weighted by Crippen LogP contribution is -2.49. The van der Waals surface area contributed by atoms with Gasteiger partial charge < -0.3 is 15.0 Å². The van der Waals surface area contributed by atoms with Gasteiger partial charge in [0.15, 0.2) is 0 Å². The Kier molecular flexibility index (Phi) is 4.97. The van der Waals surface area contributed by atoms with Crippen LogP contribution in [0.1, 0.15) is 24.8 Å². The molecule has 1 aliphatic heterocycles. The zero-order valence-electron chi connectivity index (χ0n) is 13.6. The van der Waals surface area contributed by atoms with Gasteiger partial charge in [0.05, 0.1) is 6.42 Å². The van der Waals surface area contributed by atoms with E-state index < -0.39 is 23.9 Å². The van der Waals surface area contributed by atoms with E-state index in [0.29, 0.717) is 0 Å². The van der Waals surface area contributed by atoms with E-state index in [1.165, 1.54) is 4.90 Å². The van der Waals surface area contributed by atoms with E-state index in [1.807, 2.05) is 30.3 Å². The molecule has 0 radical (unpaired) electrons. The number of rotatable bonds is 6. The maximum atomic E-state index is 12.4. The van der Waals surface area contributed by atoms with Gasteiger partial charge in [0, 0.05) is 6.04 Å². The van der Waals surface area contributed by atoms with Gasteiger partial charge in [-0.15, -0.1) is 0 Å². The van der Waals surface area contributed by atoms with E-state index in [2.05, 4.69) is 10.6 Å². The molecule has 8 nitrogen and oxygen atoms in total. The van der Waals surface area contributed by atoms with Gasteiger partial charge in [0.1, 0.15) is 19.2 Å². The average Bonchev–Trinajstić information content (AvgIpc) is 3.37. The van der Waals surface area contributed by atoms with E-state index in [-0.39, 0.29) is 31.5 Å². The first-order valence-corrected chi connectivity index (χ1v) is 8.14. The zero-order chi connectivity index (χ0) is 17.8. The Labute approximate surface area is 144 Å². The molecule has 2 aliphatic rings. The average molecular weight is 345 g/mol. The highest BCUT2D eigenvalue weighted by Gasteiger charge is 2.44. The highest BCUT2D eigenvalue weighted by molar-refractivity contribution is 6.07. The van der Waals surface area contributed by atoms with Gasteiger partial charge in [-0.05, 0) is 18.4 Å². The third-order valence-corrected chi connectivity index (χ3v) is 4.10. The summed E-state index contributed by atoms with van der Waals surface area (Å²) in [5.74, 6) is -1.24. The molecular weight excluding hydrogens is 326 g/mol. The van der Waals surface area contributed by atoms with Gasteiger partial charge in [-0.1, -0.05) is 30.3 Å². The van der Waals surface area contributed by atoms with Crippen LogP contribution in [0.2, 0.25) is 0 Å². The Hall–Kier alpha value is -2.90. The number of nitrogens with one attached hydrogen (secondary N) is 2. The number of hydrogen-bond donors (Lipinski definition) is 2. The quantitative estimate of drug-likeness (QED) is 0.723. The van der Waals surface area contributed by atoms with Crippen LogP contribution in [0.5, 0.6) is 0 Å². The summed E-state index contributed by atoms with van der Waals surface area (Å²) >= 11 is 0. The van der Waals surface area contributed by atoms with E-state index in [4.69, 9.17) is 4.74 Å². The molecule has 1 heterocycles. The summed E-state index contributed by atoms with van der Waals surface area (Å²) in [7, 11) is 0. The van der Waals surface area contributed by atoms with Gasteiger partial charge >= 0.3 is 6.09 Å². The summed E-state index contributed by atoms with van der Waals surface area (Å²) < 4.78 is 5.04. The van der Waals surface area contributed by atoms with Crippen molar-refractivity contribution in [3.8, 4) is 0 Å². The number of imide groups is 1. The number of nitrogens with zero attached hydrogens (tertiary/aromatic N) is 1. The minimum Gasteiger partial charge on any atom is -0.445 e. The first-order chi connectivity index (χ1) is 12.0. The van der Waals surface area contributed by atoms with Crippen molar-refractivity contribution in [2.45, 2.75) is 38.0 Å². The molecule has 0 unspecified atom stereocenters. The third-order valence-electron chi connectivity index (χ3n) is 4.10. The summed E-state index contributed by atoms with van der Waals surface area (Å²) in [6.45, 7) is -0.172. The van der Waals surface area contributed by atoms with Crippen molar-refractivity contribution in [2.75, 3.05) is 6.54 Å². The highest BCUT2D eigenvalue weighted by atomic mass is 16.5. The molecule has 1 atom stereocenters. The topological polar surface area (TPSA) is 105 Å². The van der Waals surface area contributed by atoms with Crippen molar-refractivity contribution in [3.63, 3.8) is 0 Å². The van der Waals surface area contributed by atoms with E-state index in [0.717, 1.165) is 18.4 Å². The van der Waals surface area contributed by atoms with Crippen molar-refractivity contribution in [1.82, 2.24) is 15.5 Å². The van der Waals surface area contributed by atoms with E-state index in [1.54, 1.807) is 0 Å². The van der Waals surface area contributed by atoms with Crippen molar-refractivity contribution >= 4 is 23.8 Å². The maximum Gasteiger partial charge on any atom is 0.407 e. The number of benzene rings is 1. The zero-order valence-corrected chi connectivity index (χ0v) is 13.6. The molecular formula is C17H19N3O5. The van der Waals surface area contributed by atoms with Gasteiger partial charge in [0.25, 0.3) is 0 Å². The Morgan fingerprint density at radius 2 is 1.92 bits per heavy atom. The first kappa shape index (κ1) is 16.9. The second kappa shape index (κ2) is 7.33. The van der Waals surface area contributed by atoms with Gasteiger partial charge in [-0.25, -0.2) is 4.79 Å². The molecule has 3 rings (SSSR count). The highest BCUT2D eigenvalue weighted by Crippen LogP contribution is 2.30. The monoisotopic (exact) mass is 345 g/mol. The molecule has 4 amide bonds. The predicted octanol–water partition coefficient (Wildman–Crippen LogP) is 0.319. The minimum absolute atomic E-state index is 0.0282. The second-order valence-electron chi connectivity index (χ2n) is 6.08. The fourth-order valence-electron chi connectivity index (χ4n) is 2.76. The van der Waals surface area contributed by atoms with Crippen LogP contribution in [0, 0.1) is 0 Å². The fourth-order valence-corrected chi connectivity index (χ4v) is 2.76. The normalized spacial score (nSPS) is 19.3. The number of carbonyl (C=O) groups is 4. The van der Waals surface area contributed by atoms with Gasteiger partial charge in [0.2, 0.25) is 17.7 Å². The maximum absolute atomic E-state index is 12.4. The number of carbonyl (C=O) groups excluding carboxylic acids is 4. The molecule has 2 N–H and O–H groups in total. The molecule has 1 saturated heterocycles. The molecule has 0 bridgehead atoms. The number of ether oxygens (including phenoxy) is 1. The van der Waals surface area contributed by atoms with Gasteiger partial charge in [-0.2, -0.15) is 0 Å². The van der Waals surface area contributed by atoms with E-state index in [9.17, 15) is 19.2 Å².